The molecular weight excluding hydrogens is 278 g/mol. The van der Waals surface area contributed by atoms with Crippen molar-refractivity contribution in [3.05, 3.63) is 64.7 Å². The third-order valence-corrected chi connectivity index (χ3v) is 4.95. The smallest absolute Gasteiger partial charge is 0.0574 e. The average Bonchev–Trinajstić information content (AvgIpc) is 2.39. The van der Waals surface area contributed by atoms with Crippen LogP contribution in [0.25, 0.3) is 0 Å². The van der Waals surface area contributed by atoms with Gasteiger partial charge in [0, 0.05) is 11.8 Å². The first-order valence-corrected chi connectivity index (χ1v) is 7.73. The first-order chi connectivity index (χ1) is 9.09. The molecule has 0 aliphatic carbocycles. The van der Waals surface area contributed by atoms with Crippen LogP contribution in [0, 0.1) is 6.92 Å². The molecule has 0 heterocycles. The Morgan fingerprint density at radius 1 is 1.16 bits per heavy atom. The molecule has 0 fully saturated rings. The van der Waals surface area contributed by atoms with Crippen LogP contribution >= 0.6 is 11.6 Å². The molecule has 2 aromatic carbocycles. The molecular formula is C15H16ClNOS. The molecule has 0 aromatic heterocycles. The lowest BCUT2D eigenvalue weighted by Gasteiger charge is -2.14. The number of rotatable bonds is 4. The van der Waals surface area contributed by atoms with Gasteiger partial charge >= 0.3 is 0 Å². The summed E-state index contributed by atoms with van der Waals surface area (Å²) in [5.74, 6) is 0.370. The van der Waals surface area contributed by atoms with Gasteiger partial charge in [-0.15, -0.1) is 0 Å². The highest BCUT2D eigenvalue weighted by Crippen LogP contribution is 2.23. The van der Waals surface area contributed by atoms with Crippen molar-refractivity contribution in [2.45, 2.75) is 17.9 Å². The molecule has 2 atom stereocenters. The van der Waals surface area contributed by atoms with E-state index < -0.39 is 10.8 Å². The molecule has 0 radical (unpaired) electrons. The van der Waals surface area contributed by atoms with Gasteiger partial charge in [0.05, 0.1) is 20.7 Å². The molecule has 2 rings (SSSR count). The molecule has 2 N–H and O–H groups in total. The first kappa shape index (κ1) is 14.3. The first-order valence-electron chi connectivity index (χ1n) is 6.03. The van der Waals surface area contributed by atoms with E-state index in [0.717, 1.165) is 11.1 Å². The van der Waals surface area contributed by atoms with Crippen LogP contribution < -0.4 is 5.73 Å². The summed E-state index contributed by atoms with van der Waals surface area (Å²) < 4.78 is 12.3. The summed E-state index contributed by atoms with van der Waals surface area (Å²) >= 11 is 6.05. The van der Waals surface area contributed by atoms with Gasteiger partial charge in [0.1, 0.15) is 0 Å². The molecule has 19 heavy (non-hydrogen) atoms. The van der Waals surface area contributed by atoms with Crippen molar-refractivity contribution in [2.75, 3.05) is 5.75 Å². The van der Waals surface area contributed by atoms with E-state index in [9.17, 15) is 4.21 Å². The van der Waals surface area contributed by atoms with Crippen molar-refractivity contribution >= 4 is 22.4 Å². The maximum Gasteiger partial charge on any atom is 0.0574 e. The van der Waals surface area contributed by atoms with Crippen molar-refractivity contribution in [2.24, 2.45) is 5.73 Å². The maximum absolute atomic E-state index is 12.3. The molecule has 2 unspecified atom stereocenters. The standard InChI is InChI=1S/C15H16ClNOS/c1-11-6-2-3-7-12(11)14(17)10-19(18)15-9-5-4-8-13(15)16/h2-9,14H,10,17H2,1H3. The van der Waals surface area contributed by atoms with Gasteiger partial charge in [-0.25, -0.2) is 0 Å². The molecule has 0 aliphatic heterocycles. The molecule has 0 saturated heterocycles. The van der Waals surface area contributed by atoms with Gasteiger partial charge in [-0.2, -0.15) is 0 Å². The van der Waals surface area contributed by atoms with E-state index in [1.165, 1.54) is 0 Å². The van der Waals surface area contributed by atoms with Crippen molar-refractivity contribution in [3.63, 3.8) is 0 Å². The molecule has 0 saturated carbocycles. The van der Waals surface area contributed by atoms with E-state index in [1.54, 1.807) is 12.1 Å². The van der Waals surface area contributed by atoms with Crippen molar-refractivity contribution in [1.29, 1.82) is 0 Å². The predicted molar refractivity (Wildman–Crippen MR) is 80.8 cm³/mol. The summed E-state index contributed by atoms with van der Waals surface area (Å²) in [5.41, 5.74) is 8.30. The van der Waals surface area contributed by atoms with Gasteiger partial charge < -0.3 is 5.73 Å². The number of benzene rings is 2. The Kier molecular flexibility index (Phi) is 4.75. The number of hydrogen-bond donors (Lipinski definition) is 1. The summed E-state index contributed by atoms with van der Waals surface area (Å²) in [6.07, 6.45) is 0. The zero-order valence-corrected chi connectivity index (χ0v) is 12.2. The number of halogens is 1. The van der Waals surface area contributed by atoms with Gasteiger partial charge in [-0.05, 0) is 30.2 Å². The third kappa shape index (κ3) is 3.44. The largest absolute Gasteiger partial charge is 0.323 e. The van der Waals surface area contributed by atoms with Gasteiger partial charge in [0.25, 0.3) is 0 Å². The minimum atomic E-state index is -1.19. The van der Waals surface area contributed by atoms with Crippen LogP contribution in [0.4, 0.5) is 0 Å². The van der Waals surface area contributed by atoms with Crippen LogP contribution in [0.15, 0.2) is 53.4 Å². The molecule has 4 heteroatoms. The Hall–Kier alpha value is -1.16. The second-order valence-electron chi connectivity index (χ2n) is 4.41. The highest BCUT2D eigenvalue weighted by molar-refractivity contribution is 7.85. The molecule has 0 aliphatic rings. The summed E-state index contributed by atoms with van der Waals surface area (Å²) in [4.78, 5) is 0.646. The Labute approximate surface area is 121 Å². The summed E-state index contributed by atoms with van der Waals surface area (Å²) in [6, 6.07) is 14.8. The normalized spacial score (nSPS) is 14.1. The molecule has 0 bridgehead atoms. The van der Waals surface area contributed by atoms with E-state index in [2.05, 4.69) is 0 Å². The molecule has 2 aromatic rings. The lowest BCUT2D eigenvalue weighted by atomic mass is 10.0. The predicted octanol–water partition coefficient (Wildman–Crippen LogP) is 3.46. The fourth-order valence-corrected chi connectivity index (χ4v) is 3.57. The van der Waals surface area contributed by atoms with Crippen LogP contribution in [-0.4, -0.2) is 9.96 Å². The lowest BCUT2D eigenvalue weighted by Crippen LogP contribution is -2.19. The average molecular weight is 294 g/mol. The van der Waals surface area contributed by atoms with Gasteiger partial charge in [0.15, 0.2) is 0 Å². The van der Waals surface area contributed by atoms with Crippen LogP contribution in [0.3, 0.4) is 0 Å². The zero-order valence-electron chi connectivity index (χ0n) is 10.7. The van der Waals surface area contributed by atoms with E-state index in [1.807, 2.05) is 43.3 Å². The Morgan fingerprint density at radius 2 is 1.79 bits per heavy atom. The van der Waals surface area contributed by atoms with Gasteiger partial charge in [0.2, 0.25) is 0 Å². The highest BCUT2D eigenvalue weighted by Gasteiger charge is 2.15. The summed E-state index contributed by atoms with van der Waals surface area (Å²) in [5, 5.41) is 0.526. The van der Waals surface area contributed by atoms with E-state index in [-0.39, 0.29) is 6.04 Å². The van der Waals surface area contributed by atoms with Gasteiger partial charge in [-0.3, -0.25) is 4.21 Å². The summed E-state index contributed by atoms with van der Waals surface area (Å²) in [7, 11) is -1.19. The van der Waals surface area contributed by atoms with Crippen LogP contribution in [0.5, 0.6) is 0 Å². The van der Waals surface area contributed by atoms with E-state index in [4.69, 9.17) is 17.3 Å². The minimum Gasteiger partial charge on any atom is -0.323 e. The fourth-order valence-electron chi connectivity index (χ4n) is 1.97. The van der Waals surface area contributed by atoms with Crippen molar-refractivity contribution in [1.82, 2.24) is 0 Å². The fraction of sp³-hybridized carbons (Fsp3) is 0.200. The zero-order chi connectivity index (χ0) is 13.8. The molecule has 0 spiro atoms. The lowest BCUT2D eigenvalue weighted by molar-refractivity contribution is 0.675. The van der Waals surface area contributed by atoms with Crippen molar-refractivity contribution < 1.29 is 4.21 Å². The van der Waals surface area contributed by atoms with Crippen molar-refractivity contribution in [3.8, 4) is 0 Å². The topological polar surface area (TPSA) is 43.1 Å². The molecule has 100 valence electrons. The van der Waals surface area contributed by atoms with Crippen LogP contribution in [-0.2, 0) is 10.8 Å². The Morgan fingerprint density at radius 3 is 2.47 bits per heavy atom. The molecule has 2 nitrogen and oxygen atoms in total. The Balaban J connectivity index is 2.16. The van der Waals surface area contributed by atoms with E-state index >= 15 is 0 Å². The number of nitrogens with two attached hydrogens (primary N) is 1. The third-order valence-electron chi connectivity index (χ3n) is 3.00. The van der Waals surface area contributed by atoms with Gasteiger partial charge in [-0.1, -0.05) is 48.0 Å². The highest BCUT2D eigenvalue weighted by atomic mass is 35.5. The quantitative estimate of drug-likeness (QED) is 0.938. The SMILES string of the molecule is Cc1ccccc1C(N)CS(=O)c1ccccc1Cl. The van der Waals surface area contributed by atoms with E-state index in [0.29, 0.717) is 15.7 Å². The second kappa shape index (κ2) is 6.33. The number of hydrogen-bond acceptors (Lipinski definition) is 2. The maximum atomic E-state index is 12.3. The van der Waals surface area contributed by atoms with Crippen LogP contribution in [0.1, 0.15) is 17.2 Å². The Bertz CT molecular complexity index is 600. The minimum absolute atomic E-state index is 0.252. The number of aryl methyl sites for hydroxylation is 1. The second-order valence-corrected chi connectivity index (χ2v) is 6.28. The monoisotopic (exact) mass is 293 g/mol. The summed E-state index contributed by atoms with van der Waals surface area (Å²) in [6.45, 7) is 2.01. The molecule has 0 amide bonds. The van der Waals surface area contributed by atoms with Crippen LogP contribution in [0.2, 0.25) is 5.02 Å².